The highest BCUT2D eigenvalue weighted by molar-refractivity contribution is 5.49. The van der Waals surface area contributed by atoms with Crippen molar-refractivity contribution in [3.63, 3.8) is 0 Å². The molecule has 0 aromatic carbocycles. The number of nitrogens with zero attached hydrogens (tertiary/aromatic N) is 7. The predicted octanol–water partition coefficient (Wildman–Crippen LogP) is 2.73. The molecule has 2 aliphatic heterocycles. The third-order valence-corrected chi connectivity index (χ3v) is 6.75. The van der Waals surface area contributed by atoms with Crippen molar-refractivity contribution >= 4 is 17.7 Å². The molecule has 2 aromatic rings. The summed E-state index contributed by atoms with van der Waals surface area (Å²) in [5.41, 5.74) is 3.77. The van der Waals surface area contributed by atoms with Crippen LogP contribution in [0.2, 0.25) is 0 Å². The van der Waals surface area contributed by atoms with Crippen LogP contribution >= 0.6 is 0 Å². The van der Waals surface area contributed by atoms with Crippen LogP contribution in [0.15, 0.2) is 12.3 Å². The number of hydrogen-bond donors (Lipinski definition) is 0. The fourth-order valence-electron chi connectivity index (χ4n) is 5.23. The highest BCUT2D eigenvalue weighted by Crippen LogP contribution is 2.45. The maximum Gasteiger partial charge on any atom is 0.227 e. The molecule has 5 rings (SSSR count). The average molecular weight is 394 g/mol. The maximum absolute atomic E-state index is 5.00. The van der Waals surface area contributed by atoms with Crippen molar-refractivity contribution in [1.82, 2.24) is 19.9 Å². The molecule has 0 bridgehead atoms. The van der Waals surface area contributed by atoms with Crippen LogP contribution in [0, 0.1) is 6.92 Å². The van der Waals surface area contributed by atoms with Gasteiger partial charge in [0, 0.05) is 63.6 Å². The van der Waals surface area contributed by atoms with Crippen LogP contribution in [0.5, 0.6) is 0 Å². The lowest BCUT2D eigenvalue weighted by Crippen LogP contribution is -2.46. The number of aryl methyl sites for hydroxylation is 2. The van der Waals surface area contributed by atoms with Crippen molar-refractivity contribution in [1.29, 1.82) is 0 Å². The fourth-order valence-corrected chi connectivity index (χ4v) is 5.23. The minimum absolute atomic E-state index is 0.119. The Bertz CT molecular complexity index is 902. The van der Waals surface area contributed by atoms with Gasteiger partial charge in [0.1, 0.15) is 5.82 Å². The second-order valence-electron chi connectivity index (χ2n) is 9.11. The third kappa shape index (κ3) is 3.30. The molecule has 7 nitrogen and oxygen atoms in total. The van der Waals surface area contributed by atoms with Crippen LogP contribution in [-0.4, -0.2) is 60.2 Å². The summed E-state index contributed by atoms with van der Waals surface area (Å²) in [4.78, 5) is 26.1. The summed E-state index contributed by atoms with van der Waals surface area (Å²) >= 11 is 0. The standard InChI is InChI=1S/C22H31N7/c1-16-13-18(25-21(24-16)28-10-4-5-11-28)29-12-6-8-22(15-29)9-7-17-14-23-20(27(2)3)26-19(17)22/h13-14H,4-12,15H2,1-3H3. The molecule has 7 heteroatoms. The topological polar surface area (TPSA) is 61.3 Å². The zero-order valence-corrected chi connectivity index (χ0v) is 17.9. The molecule has 3 aliphatic rings. The van der Waals surface area contributed by atoms with E-state index in [1.54, 1.807) is 0 Å². The number of hydrogen-bond acceptors (Lipinski definition) is 7. The van der Waals surface area contributed by atoms with E-state index >= 15 is 0 Å². The fraction of sp³-hybridized carbons (Fsp3) is 0.636. The van der Waals surface area contributed by atoms with Gasteiger partial charge in [0.25, 0.3) is 0 Å². The van der Waals surface area contributed by atoms with E-state index in [4.69, 9.17) is 15.0 Å². The van der Waals surface area contributed by atoms with Crippen LogP contribution in [0.4, 0.5) is 17.7 Å². The van der Waals surface area contributed by atoms with Gasteiger partial charge < -0.3 is 14.7 Å². The largest absolute Gasteiger partial charge is 0.355 e. The van der Waals surface area contributed by atoms with E-state index in [0.29, 0.717) is 0 Å². The van der Waals surface area contributed by atoms with E-state index in [9.17, 15) is 0 Å². The molecule has 1 atom stereocenters. The molecule has 154 valence electrons. The van der Waals surface area contributed by atoms with Gasteiger partial charge in [-0.25, -0.2) is 15.0 Å². The number of aromatic nitrogens is 4. The first-order valence-corrected chi connectivity index (χ1v) is 10.9. The molecule has 0 saturated carbocycles. The van der Waals surface area contributed by atoms with Gasteiger partial charge >= 0.3 is 0 Å². The Hall–Kier alpha value is -2.44. The van der Waals surface area contributed by atoms with Gasteiger partial charge in [-0.1, -0.05) is 0 Å². The molecule has 2 saturated heterocycles. The Kier molecular flexibility index (Phi) is 4.56. The zero-order valence-electron chi connectivity index (χ0n) is 17.9. The number of rotatable bonds is 3. The normalized spacial score (nSPS) is 23.7. The van der Waals surface area contributed by atoms with Crippen molar-refractivity contribution < 1.29 is 0 Å². The molecule has 0 radical (unpaired) electrons. The summed E-state index contributed by atoms with van der Waals surface area (Å²) in [7, 11) is 4.03. The molecule has 0 amide bonds. The summed E-state index contributed by atoms with van der Waals surface area (Å²) in [6, 6.07) is 2.15. The lowest BCUT2D eigenvalue weighted by atomic mass is 9.77. The highest BCUT2D eigenvalue weighted by Gasteiger charge is 2.44. The van der Waals surface area contributed by atoms with Crippen molar-refractivity contribution in [2.45, 2.75) is 50.9 Å². The average Bonchev–Trinajstić information content (AvgIpc) is 3.37. The Morgan fingerprint density at radius 1 is 0.966 bits per heavy atom. The molecule has 1 unspecified atom stereocenters. The lowest BCUT2D eigenvalue weighted by molar-refractivity contribution is 0.333. The molecule has 2 fully saturated rings. The summed E-state index contributed by atoms with van der Waals surface area (Å²) in [5, 5.41) is 0. The zero-order chi connectivity index (χ0) is 20.0. The monoisotopic (exact) mass is 393 g/mol. The smallest absolute Gasteiger partial charge is 0.227 e. The summed E-state index contributed by atoms with van der Waals surface area (Å²) < 4.78 is 0. The van der Waals surface area contributed by atoms with Crippen LogP contribution in [0.25, 0.3) is 0 Å². The number of anilines is 3. The van der Waals surface area contributed by atoms with Crippen LogP contribution in [0.3, 0.4) is 0 Å². The Balaban J connectivity index is 1.46. The van der Waals surface area contributed by atoms with E-state index in [-0.39, 0.29) is 5.41 Å². The number of fused-ring (bicyclic) bond motifs is 2. The molecular formula is C22H31N7. The van der Waals surface area contributed by atoms with E-state index in [1.807, 2.05) is 25.2 Å². The van der Waals surface area contributed by atoms with E-state index in [1.165, 1.54) is 36.9 Å². The summed E-state index contributed by atoms with van der Waals surface area (Å²) in [5.74, 6) is 2.80. The molecule has 29 heavy (non-hydrogen) atoms. The van der Waals surface area contributed by atoms with Gasteiger partial charge in [0.05, 0.1) is 5.69 Å². The minimum Gasteiger partial charge on any atom is -0.355 e. The SMILES string of the molecule is Cc1cc(N2CCCC3(CCc4cnc(N(C)C)nc43)C2)nc(N2CCCC2)n1. The lowest BCUT2D eigenvalue weighted by Gasteiger charge is -2.41. The van der Waals surface area contributed by atoms with E-state index in [0.717, 1.165) is 62.4 Å². The van der Waals surface area contributed by atoms with Gasteiger partial charge in [0.15, 0.2) is 0 Å². The molecule has 0 N–H and O–H groups in total. The first-order chi connectivity index (χ1) is 14.0. The van der Waals surface area contributed by atoms with Crippen molar-refractivity contribution in [2.75, 3.05) is 55.0 Å². The Morgan fingerprint density at radius 3 is 2.55 bits per heavy atom. The molecular weight excluding hydrogens is 362 g/mol. The predicted molar refractivity (Wildman–Crippen MR) is 116 cm³/mol. The first kappa shape index (κ1) is 18.6. The molecule has 1 spiro atoms. The highest BCUT2D eigenvalue weighted by atomic mass is 15.3. The molecule has 4 heterocycles. The third-order valence-electron chi connectivity index (χ3n) is 6.75. The summed E-state index contributed by atoms with van der Waals surface area (Å²) in [6.45, 7) is 6.28. The van der Waals surface area contributed by atoms with Crippen molar-refractivity contribution in [2.24, 2.45) is 0 Å². The quantitative estimate of drug-likeness (QED) is 0.794. The van der Waals surface area contributed by atoms with Crippen molar-refractivity contribution in [3.8, 4) is 0 Å². The van der Waals surface area contributed by atoms with Crippen molar-refractivity contribution in [3.05, 3.63) is 29.2 Å². The minimum atomic E-state index is 0.119. The van der Waals surface area contributed by atoms with Crippen LogP contribution in [0.1, 0.15) is 49.1 Å². The second-order valence-corrected chi connectivity index (χ2v) is 9.11. The number of piperidine rings is 1. The van der Waals surface area contributed by atoms with Gasteiger partial charge in [-0.2, -0.15) is 4.98 Å². The van der Waals surface area contributed by atoms with Gasteiger partial charge in [-0.05, 0) is 51.0 Å². The molecule has 1 aliphatic carbocycles. The van der Waals surface area contributed by atoms with Crippen LogP contribution < -0.4 is 14.7 Å². The van der Waals surface area contributed by atoms with Gasteiger partial charge in [-0.3, -0.25) is 0 Å². The van der Waals surface area contributed by atoms with E-state index < -0.39 is 0 Å². The first-order valence-electron chi connectivity index (χ1n) is 10.9. The Labute approximate surface area is 173 Å². The summed E-state index contributed by atoms with van der Waals surface area (Å²) in [6.07, 6.45) is 9.14. The molecule has 2 aromatic heterocycles. The van der Waals surface area contributed by atoms with Crippen LogP contribution in [-0.2, 0) is 11.8 Å². The second kappa shape index (κ2) is 7.11. The van der Waals surface area contributed by atoms with Gasteiger partial charge in [0.2, 0.25) is 11.9 Å². The van der Waals surface area contributed by atoms with Gasteiger partial charge in [-0.15, -0.1) is 0 Å². The maximum atomic E-state index is 5.00. The Morgan fingerprint density at radius 2 is 1.76 bits per heavy atom. The van der Waals surface area contributed by atoms with E-state index in [2.05, 4.69) is 27.8 Å².